The SMILES string of the molecule is C=C=C=C=C=C=C=C=CC1=CCC2(C=C1)OCCOOO/C=C\2CCS(=O)(=O)O. The number of rotatable bonds is 4. The molecule has 2 aliphatic rings. The van der Waals surface area contributed by atoms with Gasteiger partial charge < -0.3 is 9.62 Å². The van der Waals surface area contributed by atoms with E-state index in [0.29, 0.717) is 12.0 Å². The van der Waals surface area contributed by atoms with Crippen LogP contribution in [0.1, 0.15) is 12.8 Å². The fourth-order valence-corrected chi connectivity index (χ4v) is 2.96. The lowest BCUT2D eigenvalue weighted by atomic mass is 9.84. The van der Waals surface area contributed by atoms with E-state index in [1.165, 1.54) is 6.26 Å². The van der Waals surface area contributed by atoms with Gasteiger partial charge in [-0.15, -0.1) is 0 Å². The molecule has 1 unspecified atom stereocenters. The predicted molar refractivity (Wildman–Crippen MR) is 103 cm³/mol. The third-order valence-electron chi connectivity index (χ3n) is 3.81. The maximum atomic E-state index is 11.2. The molecule has 0 radical (unpaired) electrons. The molecule has 1 N–H and O–H groups in total. The molecule has 1 aliphatic heterocycles. The Morgan fingerprint density at radius 3 is 2.72 bits per heavy atom. The van der Waals surface area contributed by atoms with Crippen molar-refractivity contribution in [1.29, 1.82) is 0 Å². The average Bonchev–Trinajstić information content (AvgIpc) is 2.78. The molecule has 1 heterocycles. The van der Waals surface area contributed by atoms with Crippen LogP contribution >= 0.6 is 0 Å². The molecule has 0 aromatic rings. The molecule has 0 aromatic carbocycles. The number of hydrogen-bond acceptors (Lipinski definition) is 6. The Morgan fingerprint density at radius 1 is 1.21 bits per heavy atom. The van der Waals surface area contributed by atoms with Crippen LogP contribution in [0.15, 0.2) is 88.4 Å². The van der Waals surface area contributed by atoms with Crippen LogP contribution in [0.25, 0.3) is 0 Å². The Hall–Kier alpha value is -2.99. The van der Waals surface area contributed by atoms with Gasteiger partial charge in [-0.25, -0.2) is 0 Å². The van der Waals surface area contributed by atoms with Crippen molar-refractivity contribution in [2.75, 3.05) is 19.0 Å². The van der Waals surface area contributed by atoms with E-state index in [0.717, 1.165) is 5.57 Å². The average molecular weight is 414 g/mol. The Balaban J connectivity index is 2.28. The Bertz CT molecular complexity index is 1080. The lowest BCUT2D eigenvalue weighted by Crippen LogP contribution is -2.35. The van der Waals surface area contributed by atoms with Gasteiger partial charge in [0, 0.05) is 12.0 Å². The summed E-state index contributed by atoms with van der Waals surface area (Å²) < 4.78 is 37.3. The maximum Gasteiger partial charge on any atom is 0.265 e. The highest BCUT2D eigenvalue weighted by Crippen LogP contribution is 2.35. The van der Waals surface area contributed by atoms with E-state index in [1.54, 1.807) is 18.2 Å². The predicted octanol–water partition coefficient (Wildman–Crippen LogP) is 2.96. The molecule has 1 spiro atoms. The van der Waals surface area contributed by atoms with Gasteiger partial charge >= 0.3 is 0 Å². The molecule has 150 valence electrons. The van der Waals surface area contributed by atoms with Gasteiger partial charge in [0.05, 0.1) is 12.4 Å². The van der Waals surface area contributed by atoms with Gasteiger partial charge in [0.15, 0.2) is 0 Å². The van der Waals surface area contributed by atoms with Gasteiger partial charge in [0.1, 0.15) is 18.5 Å². The van der Waals surface area contributed by atoms with Crippen molar-refractivity contribution in [2.45, 2.75) is 18.4 Å². The first-order valence-electron chi connectivity index (χ1n) is 8.44. The minimum atomic E-state index is -4.16. The standard InChI is InChI=1S/C21H18O7S/c1-2-3-4-5-6-7-8-9-19-10-13-21(14-11-19)20(12-17-29(22,23)24)18-27-28-26-16-15-25-21/h9-11,13,18H,1,12,14-17H2,(H,22,23,24)/b20-18-. The Morgan fingerprint density at radius 2 is 2.00 bits per heavy atom. The van der Waals surface area contributed by atoms with Gasteiger partial charge in [-0.3, -0.25) is 4.55 Å². The molecule has 0 amide bonds. The monoisotopic (exact) mass is 414 g/mol. The summed E-state index contributed by atoms with van der Waals surface area (Å²) in [7, 11) is -4.16. The second kappa shape index (κ2) is 11.1. The van der Waals surface area contributed by atoms with Crippen molar-refractivity contribution in [1.82, 2.24) is 0 Å². The zero-order valence-corrected chi connectivity index (χ0v) is 16.3. The van der Waals surface area contributed by atoms with E-state index in [1.807, 2.05) is 6.08 Å². The van der Waals surface area contributed by atoms with Crippen LogP contribution in [0.3, 0.4) is 0 Å². The van der Waals surface area contributed by atoms with Gasteiger partial charge in [0.2, 0.25) is 0 Å². The van der Waals surface area contributed by atoms with Crippen LogP contribution in [0.5, 0.6) is 0 Å². The fraction of sp³-hybridized carbons (Fsp3) is 0.286. The van der Waals surface area contributed by atoms with Crippen molar-refractivity contribution >= 4 is 10.1 Å². The summed E-state index contributed by atoms with van der Waals surface area (Å²) >= 11 is 0. The van der Waals surface area contributed by atoms with Crippen molar-refractivity contribution in [3.8, 4) is 0 Å². The minimum absolute atomic E-state index is 0.0159. The highest BCUT2D eigenvalue weighted by atomic mass is 32.2. The first-order chi connectivity index (χ1) is 14.0. The zero-order chi connectivity index (χ0) is 21.0. The Kier molecular flexibility index (Phi) is 8.55. The summed E-state index contributed by atoms with van der Waals surface area (Å²) in [6.07, 6.45) is 8.74. The van der Waals surface area contributed by atoms with E-state index >= 15 is 0 Å². The molecule has 0 bridgehead atoms. The molecule has 0 fully saturated rings. The van der Waals surface area contributed by atoms with Crippen LogP contribution in [-0.2, 0) is 29.7 Å². The third kappa shape index (κ3) is 7.87. The summed E-state index contributed by atoms with van der Waals surface area (Å²) in [6.45, 7) is 3.64. The molecule has 8 heteroatoms. The molecule has 0 aromatic heterocycles. The second-order valence-electron chi connectivity index (χ2n) is 5.74. The summed E-state index contributed by atoms with van der Waals surface area (Å²) in [5.74, 6) is -0.485. The van der Waals surface area contributed by atoms with E-state index in [9.17, 15) is 8.42 Å². The van der Waals surface area contributed by atoms with Crippen LogP contribution in [0.4, 0.5) is 0 Å². The molecule has 7 nitrogen and oxygen atoms in total. The van der Waals surface area contributed by atoms with Gasteiger partial charge in [-0.2, -0.15) is 13.3 Å². The van der Waals surface area contributed by atoms with E-state index in [4.69, 9.17) is 19.1 Å². The molecule has 0 saturated carbocycles. The molecule has 29 heavy (non-hydrogen) atoms. The van der Waals surface area contributed by atoms with Crippen LogP contribution in [0.2, 0.25) is 0 Å². The first kappa shape index (κ1) is 22.3. The fourth-order valence-electron chi connectivity index (χ4n) is 2.48. The number of ether oxygens (including phenoxy) is 1. The van der Waals surface area contributed by atoms with Gasteiger partial charge in [-0.1, -0.05) is 23.6 Å². The van der Waals surface area contributed by atoms with Crippen LogP contribution in [0, 0.1) is 0 Å². The number of hydrogen-bond donors (Lipinski definition) is 1. The lowest BCUT2D eigenvalue weighted by Gasteiger charge is -2.33. The van der Waals surface area contributed by atoms with E-state index in [-0.39, 0.29) is 19.6 Å². The maximum absolute atomic E-state index is 11.2. The molecular weight excluding hydrogens is 396 g/mol. The largest absolute Gasteiger partial charge is 0.364 e. The van der Waals surface area contributed by atoms with Gasteiger partial charge in [-0.05, 0) is 64.4 Å². The van der Waals surface area contributed by atoms with E-state index in [2.05, 4.69) is 51.7 Å². The van der Waals surface area contributed by atoms with Crippen molar-refractivity contribution < 1.29 is 32.5 Å². The topological polar surface area (TPSA) is 91.3 Å². The van der Waals surface area contributed by atoms with Crippen molar-refractivity contribution in [3.63, 3.8) is 0 Å². The van der Waals surface area contributed by atoms with E-state index < -0.39 is 21.5 Å². The van der Waals surface area contributed by atoms with Crippen LogP contribution < -0.4 is 0 Å². The zero-order valence-electron chi connectivity index (χ0n) is 15.4. The Labute approximate surface area is 168 Å². The molecule has 1 atom stereocenters. The lowest BCUT2D eigenvalue weighted by molar-refractivity contribution is -0.490. The highest BCUT2D eigenvalue weighted by Gasteiger charge is 2.35. The van der Waals surface area contributed by atoms with Gasteiger partial charge in [0.25, 0.3) is 10.1 Å². The summed E-state index contributed by atoms with van der Waals surface area (Å²) in [5, 5.41) is 4.51. The van der Waals surface area contributed by atoms with Crippen molar-refractivity contribution in [2.24, 2.45) is 0 Å². The summed E-state index contributed by atoms with van der Waals surface area (Å²) in [6, 6.07) is 0. The molecule has 1 aliphatic carbocycles. The summed E-state index contributed by atoms with van der Waals surface area (Å²) in [4.78, 5) is 9.60. The quantitative estimate of drug-likeness (QED) is 0.430. The second-order valence-corrected chi connectivity index (χ2v) is 7.31. The molecule has 2 rings (SSSR count). The number of allylic oxidation sites excluding steroid dienone is 3. The summed E-state index contributed by atoms with van der Waals surface area (Å²) in [5.41, 5.74) is 18.3. The minimum Gasteiger partial charge on any atom is -0.364 e. The molecule has 0 saturated heterocycles. The van der Waals surface area contributed by atoms with Crippen LogP contribution in [-0.4, -0.2) is 37.5 Å². The molecular formula is C21H18O7S. The normalized spacial score (nSPS) is 22.7. The highest BCUT2D eigenvalue weighted by molar-refractivity contribution is 7.85. The first-order valence-corrected chi connectivity index (χ1v) is 10.0. The van der Waals surface area contributed by atoms with Crippen molar-refractivity contribution in [3.05, 3.63) is 88.4 Å². The smallest absolute Gasteiger partial charge is 0.265 e. The third-order valence-corrected chi connectivity index (χ3v) is 4.53.